The van der Waals surface area contributed by atoms with Crippen molar-refractivity contribution in [1.29, 1.82) is 0 Å². The molecular weight excluding hydrogens is 246 g/mol. The summed E-state index contributed by atoms with van der Waals surface area (Å²) < 4.78 is 2.51. The number of fused-ring (bicyclic) bond motifs is 1. The van der Waals surface area contributed by atoms with Crippen molar-refractivity contribution in [3.05, 3.63) is 24.0 Å². The van der Waals surface area contributed by atoms with Gasteiger partial charge in [0.05, 0.1) is 11.0 Å². The molecule has 3 unspecified atom stereocenters. The number of hydrogen-bond donors (Lipinski definition) is 1. The van der Waals surface area contributed by atoms with E-state index in [1.807, 2.05) is 12.1 Å². The van der Waals surface area contributed by atoms with E-state index < -0.39 is 0 Å². The molecule has 0 amide bonds. The van der Waals surface area contributed by atoms with Gasteiger partial charge >= 0.3 is 0 Å². The Kier molecular flexibility index (Phi) is 3.45. The van der Waals surface area contributed by atoms with Crippen molar-refractivity contribution < 1.29 is 0 Å². The van der Waals surface area contributed by atoms with E-state index in [2.05, 4.69) is 31.4 Å². The maximum Gasteiger partial charge on any atom is 0.110 e. The molecule has 0 saturated heterocycles. The second-order valence-corrected chi connectivity index (χ2v) is 6.38. The highest BCUT2D eigenvalue weighted by Gasteiger charge is 2.33. The first kappa shape index (κ1) is 13.5. The van der Waals surface area contributed by atoms with Crippen LogP contribution >= 0.6 is 0 Å². The van der Waals surface area contributed by atoms with Crippen molar-refractivity contribution >= 4 is 16.7 Å². The molecule has 1 aromatic heterocycles. The fourth-order valence-corrected chi connectivity index (χ4v) is 3.64. The van der Waals surface area contributed by atoms with E-state index in [1.165, 1.54) is 24.2 Å². The average Bonchev–Trinajstić information content (AvgIpc) is 2.91. The lowest BCUT2D eigenvalue weighted by molar-refractivity contribution is 0.351. The van der Waals surface area contributed by atoms with Gasteiger partial charge in [0.1, 0.15) is 5.82 Å². The molecule has 1 fully saturated rings. The molecule has 1 aliphatic carbocycles. The third-order valence-electron chi connectivity index (χ3n) is 5.01. The van der Waals surface area contributed by atoms with Gasteiger partial charge < -0.3 is 10.3 Å². The van der Waals surface area contributed by atoms with Crippen LogP contribution in [0.4, 0.5) is 5.69 Å². The lowest BCUT2D eigenvalue weighted by atomic mass is 9.97. The highest BCUT2D eigenvalue weighted by atomic mass is 15.1. The van der Waals surface area contributed by atoms with Crippen LogP contribution in [-0.4, -0.2) is 9.55 Å². The van der Waals surface area contributed by atoms with Gasteiger partial charge in [0.25, 0.3) is 0 Å². The standard InChI is InChI=1S/C17H25N3/c1-4-5-17-19-14-10-13(18)7-9-16(14)20(17)15-8-6-11(2)12(15)3/h7,9-12,15H,4-6,8,18H2,1-3H3. The Morgan fingerprint density at radius 2 is 2.10 bits per heavy atom. The summed E-state index contributed by atoms with van der Waals surface area (Å²) in [5, 5.41) is 0. The van der Waals surface area contributed by atoms with E-state index in [0.717, 1.165) is 35.9 Å². The van der Waals surface area contributed by atoms with Crippen LogP contribution in [0.3, 0.4) is 0 Å². The number of benzene rings is 1. The van der Waals surface area contributed by atoms with Crippen LogP contribution in [0.15, 0.2) is 18.2 Å². The second kappa shape index (κ2) is 5.12. The molecule has 0 spiro atoms. The summed E-state index contributed by atoms with van der Waals surface area (Å²) in [5.41, 5.74) is 9.03. The molecule has 3 rings (SSSR count). The van der Waals surface area contributed by atoms with Crippen LogP contribution < -0.4 is 5.73 Å². The van der Waals surface area contributed by atoms with Crippen molar-refractivity contribution in [1.82, 2.24) is 9.55 Å². The van der Waals surface area contributed by atoms with Gasteiger partial charge in [0, 0.05) is 18.2 Å². The molecule has 20 heavy (non-hydrogen) atoms. The summed E-state index contributed by atoms with van der Waals surface area (Å²) in [6, 6.07) is 6.75. The Morgan fingerprint density at radius 3 is 2.75 bits per heavy atom. The molecular formula is C17H25N3. The topological polar surface area (TPSA) is 43.8 Å². The molecule has 1 aromatic carbocycles. The van der Waals surface area contributed by atoms with Gasteiger partial charge in [-0.3, -0.25) is 0 Å². The molecule has 2 N–H and O–H groups in total. The van der Waals surface area contributed by atoms with E-state index in [4.69, 9.17) is 10.7 Å². The molecule has 108 valence electrons. The van der Waals surface area contributed by atoms with Gasteiger partial charge in [-0.1, -0.05) is 20.8 Å². The predicted octanol–water partition coefficient (Wildman–Crippen LogP) is 4.18. The Morgan fingerprint density at radius 1 is 1.30 bits per heavy atom. The van der Waals surface area contributed by atoms with Gasteiger partial charge in [-0.15, -0.1) is 0 Å². The number of anilines is 1. The first-order valence-electron chi connectivity index (χ1n) is 7.88. The maximum atomic E-state index is 5.91. The molecule has 0 aliphatic heterocycles. The largest absolute Gasteiger partial charge is 0.399 e. The fourth-order valence-electron chi connectivity index (χ4n) is 3.64. The monoisotopic (exact) mass is 271 g/mol. The van der Waals surface area contributed by atoms with Crippen molar-refractivity contribution in [2.45, 2.75) is 52.5 Å². The summed E-state index contributed by atoms with van der Waals surface area (Å²) in [4.78, 5) is 4.85. The first-order valence-corrected chi connectivity index (χ1v) is 7.88. The highest BCUT2D eigenvalue weighted by Crippen LogP contribution is 2.42. The van der Waals surface area contributed by atoms with Crippen molar-refractivity contribution in [2.75, 3.05) is 5.73 Å². The zero-order valence-electron chi connectivity index (χ0n) is 12.8. The van der Waals surface area contributed by atoms with E-state index in [-0.39, 0.29) is 0 Å². The zero-order chi connectivity index (χ0) is 14.3. The molecule has 3 heteroatoms. The molecule has 0 bridgehead atoms. The first-order chi connectivity index (χ1) is 9.61. The number of hydrogen-bond acceptors (Lipinski definition) is 2. The quantitative estimate of drug-likeness (QED) is 0.851. The third-order valence-corrected chi connectivity index (χ3v) is 5.01. The van der Waals surface area contributed by atoms with Gasteiger partial charge in [-0.2, -0.15) is 0 Å². The number of nitrogen functional groups attached to an aromatic ring is 1. The minimum atomic E-state index is 0.597. The molecule has 2 aromatic rings. The lowest BCUT2D eigenvalue weighted by Gasteiger charge is -2.23. The number of aromatic nitrogens is 2. The number of imidazole rings is 1. The minimum Gasteiger partial charge on any atom is -0.399 e. The fraction of sp³-hybridized carbons (Fsp3) is 0.588. The van der Waals surface area contributed by atoms with Crippen LogP contribution in [0.2, 0.25) is 0 Å². The van der Waals surface area contributed by atoms with E-state index in [1.54, 1.807) is 0 Å². The summed E-state index contributed by atoms with van der Waals surface area (Å²) in [7, 11) is 0. The van der Waals surface area contributed by atoms with E-state index >= 15 is 0 Å². The number of nitrogens with zero attached hydrogens (tertiary/aromatic N) is 2. The SMILES string of the molecule is CCCc1nc2cc(N)ccc2n1C1CCC(C)C1C. The molecule has 0 radical (unpaired) electrons. The van der Waals surface area contributed by atoms with E-state index in [0.29, 0.717) is 6.04 Å². The molecule has 1 saturated carbocycles. The second-order valence-electron chi connectivity index (χ2n) is 6.38. The number of nitrogens with two attached hydrogens (primary N) is 1. The Bertz CT molecular complexity index is 614. The van der Waals surface area contributed by atoms with E-state index in [9.17, 15) is 0 Å². The molecule has 1 aliphatic rings. The molecule has 3 atom stereocenters. The Labute approximate surface area is 121 Å². The van der Waals surface area contributed by atoms with Crippen molar-refractivity contribution in [2.24, 2.45) is 11.8 Å². The van der Waals surface area contributed by atoms with Crippen LogP contribution in [0.25, 0.3) is 11.0 Å². The van der Waals surface area contributed by atoms with Gasteiger partial charge in [0.15, 0.2) is 0 Å². The normalized spacial score (nSPS) is 26.4. The van der Waals surface area contributed by atoms with Crippen molar-refractivity contribution in [3.8, 4) is 0 Å². The predicted molar refractivity (Wildman–Crippen MR) is 84.7 cm³/mol. The summed E-state index contributed by atoms with van der Waals surface area (Å²) in [5.74, 6) is 2.76. The average molecular weight is 271 g/mol. The van der Waals surface area contributed by atoms with Gasteiger partial charge in [-0.05, 0) is 49.3 Å². The smallest absolute Gasteiger partial charge is 0.110 e. The Hall–Kier alpha value is -1.51. The van der Waals surface area contributed by atoms with Crippen LogP contribution in [-0.2, 0) is 6.42 Å². The lowest BCUT2D eigenvalue weighted by Crippen LogP contribution is -2.17. The number of rotatable bonds is 3. The van der Waals surface area contributed by atoms with Crippen LogP contribution in [0, 0.1) is 11.8 Å². The molecule has 1 heterocycles. The minimum absolute atomic E-state index is 0.597. The summed E-state index contributed by atoms with van der Waals surface area (Å²) >= 11 is 0. The summed E-state index contributed by atoms with van der Waals surface area (Å²) in [6.45, 7) is 6.99. The third kappa shape index (κ3) is 2.09. The number of aryl methyl sites for hydroxylation is 1. The highest BCUT2D eigenvalue weighted by molar-refractivity contribution is 5.79. The van der Waals surface area contributed by atoms with Gasteiger partial charge in [-0.25, -0.2) is 4.98 Å². The van der Waals surface area contributed by atoms with Crippen LogP contribution in [0.5, 0.6) is 0 Å². The summed E-state index contributed by atoms with van der Waals surface area (Å²) in [6.07, 6.45) is 4.78. The maximum absolute atomic E-state index is 5.91. The van der Waals surface area contributed by atoms with Gasteiger partial charge in [0.2, 0.25) is 0 Å². The van der Waals surface area contributed by atoms with Crippen LogP contribution in [0.1, 0.15) is 51.9 Å². The van der Waals surface area contributed by atoms with Crippen molar-refractivity contribution in [3.63, 3.8) is 0 Å². The Balaban J connectivity index is 2.14. The zero-order valence-corrected chi connectivity index (χ0v) is 12.8. The molecule has 3 nitrogen and oxygen atoms in total.